The van der Waals surface area contributed by atoms with Crippen LogP contribution in [0.3, 0.4) is 0 Å². The molecule has 0 atom stereocenters. The summed E-state index contributed by atoms with van der Waals surface area (Å²) in [5.74, 6) is -1.32. The third kappa shape index (κ3) is 2.05. The number of hydrogen-bond acceptors (Lipinski definition) is 2. The predicted molar refractivity (Wildman–Crippen MR) is 53.0 cm³/mol. The molecule has 0 unspecified atom stereocenters. The molecule has 1 aromatic carbocycles. The first-order valence-corrected chi connectivity index (χ1v) is 4.41. The molecule has 0 radical (unpaired) electrons. The van der Waals surface area contributed by atoms with Gasteiger partial charge < -0.3 is 5.32 Å². The van der Waals surface area contributed by atoms with E-state index >= 15 is 0 Å². The zero-order chi connectivity index (χ0) is 11.5. The van der Waals surface area contributed by atoms with E-state index in [1.165, 1.54) is 18.7 Å². The number of hydrogen-bond donors (Lipinski definition) is 1. The van der Waals surface area contributed by atoms with Crippen LogP contribution in [-0.4, -0.2) is 15.6 Å². The van der Waals surface area contributed by atoms with Crippen LogP contribution in [0.2, 0.25) is 0 Å². The van der Waals surface area contributed by atoms with Crippen LogP contribution in [0, 0.1) is 11.6 Å². The Labute approximate surface area is 89.5 Å². The van der Waals surface area contributed by atoms with Crippen molar-refractivity contribution in [3.63, 3.8) is 0 Å². The van der Waals surface area contributed by atoms with Gasteiger partial charge in [-0.05, 0) is 12.1 Å². The van der Waals surface area contributed by atoms with Gasteiger partial charge in [0.25, 0.3) is 0 Å². The Morgan fingerprint density at radius 2 is 2.19 bits per heavy atom. The number of imidazole rings is 1. The summed E-state index contributed by atoms with van der Waals surface area (Å²) < 4.78 is 27.1. The summed E-state index contributed by atoms with van der Waals surface area (Å²) in [6.07, 6.45) is 4.06. The summed E-state index contributed by atoms with van der Waals surface area (Å²) in [5, 5.41) is 2.22. The molecule has 0 saturated heterocycles. The third-order valence-corrected chi connectivity index (χ3v) is 1.91. The number of halogens is 2. The van der Waals surface area contributed by atoms with E-state index in [1.54, 1.807) is 0 Å². The van der Waals surface area contributed by atoms with E-state index in [9.17, 15) is 13.6 Å². The lowest BCUT2D eigenvalue weighted by molar-refractivity contribution is 0.253. The fraction of sp³-hybridized carbons (Fsp3) is 0. The Hall–Kier alpha value is -2.24. The molecule has 2 aromatic rings. The molecule has 82 valence electrons. The van der Waals surface area contributed by atoms with Gasteiger partial charge in [0.2, 0.25) is 0 Å². The topological polar surface area (TPSA) is 46.9 Å². The second-order valence-electron chi connectivity index (χ2n) is 3.02. The molecular formula is C10H7F2N3O. The fourth-order valence-corrected chi connectivity index (χ4v) is 1.15. The monoisotopic (exact) mass is 223 g/mol. The first kappa shape index (κ1) is 10.3. The number of nitrogens with zero attached hydrogens (tertiary/aromatic N) is 2. The van der Waals surface area contributed by atoms with Crippen molar-refractivity contribution in [2.24, 2.45) is 0 Å². The summed E-state index contributed by atoms with van der Waals surface area (Å²) in [5.41, 5.74) is -0.210. The van der Waals surface area contributed by atoms with Crippen molar-refractivity contribution in [3.8, 4) is 0 Å². The van der Waals surface area contributed by atoms with E-state index in [1.807, 2.05) is 0 Å². The van der Waals surface area contributed by atoms with Crippen LogP contribution >= 0.6 is 0 Å². The summed E-state index contributed by atoms with van der Waals surface area (Å²) in [7, 11) is 0. The van der Waals surface area contributed by atoms with Gasteiger partial charge in [-0.25, -0.2) is 18.6 Å². The SMILES string of the molecule is O=C(Nc1cc(F)ccc1F)n1ccnc1. The highest BCUT2D eigenvalue weighted by atomic mass is 19.1. The molecule has 1 heterocycles. The van der Waals surface area contributed by atoms with Gasteiger partial charge in [0.15, 0.2) is 0 Å². The normalized spacial score (nSPS) is 10.1. The molecule has 6 heteroatoms. The number of nitrogens with one attached hydrogen (secondary N) is 1. The minimum absolute atomic E-state index is 0.210. The number of aromatic nitrogens is 2. The van der Waals surface area contributed by atoms with Gasteiger partial charge in [-0.1, -0.05) is 0 Å². The Balaban J connectivity index is 2.21. The van der Waals surface area contributed by atoms with Crippen LogP contribution in [0.25, 0.3) is 0 Å². The van der Waals surface area contributed by atoms with Gasteiger partial charge in [0, 0.05) is 18.5 Å². The maximum Gasteiger partial charge on any atom is 0.331 e. The first-order chi connectivity index (χ1) is 7.66. The zero-order valence-corrected chi connectivity index (χ0v) is 8.02. The maximum absolute atomic E-state index is 13.2. The van der Waals surface area contributed by atoms with E-state index < -0.39 is 17.7 Å². The number of anilines is 1. The smallest absolute Gasteiger partial charge is 0.304 e. The highest BCUT2D eigenvalue weighted by molar-refractivity contribution is 5.90. The average Bonchev–Trinajstić information content (AvgIpc) is 2.76. The van der Waals surface area contributed by atoms with Crippen molar-refractivity contribution in [1.82, 2.24) is 9.55 Å². The number of amides is 1. The van der Waals surface area contributed by atoms with Crippen LogP contribution in [0.5, 0.6) is 0 Å². The third-order valence-electron chi connectivity index (χ3n) is 1.91. The number of benzene rings is 1. The molecule has 2 rings (SSSR count). The number of carbonyl (C=O) groups excluding carboxylic acids is 1. The molecule has 0 fully saturated rings. The van der Waals surface area contributed by atoms with Crippen molar-refractivity contribution in [2.45, 2.75) is 0 Å². The van der Waals surface area contributed by atoms with Crippen molar-refractivity contribution in [3.05, 3.63) is 48.6 Å². The van der Waals surface area contributed by atoms with E-state index in [4.69, 9.17) is 0 Å². The zero-order valence-electron chi connectivity index (χ0n) is 8.02. The van der Waals surface area contributed by atoms with Gasteiger partial charge in [-0.15, -0.1) is 0 Å². The lowest BCUT2D eigenvalue weighted by Crippen LogP contribution is -2.18. The lowest BCUT2D eigenvalue weighted by Gasteiger charge is -2.06. The minimum Gasteiger partial charge on any atom is -0.304 e. The quantitative estimate of drug-likeness (QED) is 0.805. The largest absolute Gasteiger partial charge is 0.331 e. The van der Waals surface area contributed by atoms with E-state index in [0.717, 1.165) is 22.8 Å². The van der Waals surface area contributed by atoms with Crippen molar-refractivity contribution in [1.29, 1.82) is 0 Å². The van der Waals surface area contributed by atoms with Crippen LogP contribution in [0.1, 0.15) is 0 Å². The maximum atomic E-state index is 13.2. The molecule has 16 heavy (non-hydrogen) atoms. The summed E-state index contributed by atoms with van der Waals surface area (Å²) in [4.78, 5) is 15.1. The number of carbonyl (C=O) groups is 1. The molecule has 0 saturated carbocycles. The van der Waals surface area contributed by atoms with Gasteiger partial charge in [0.05, 0.1) is 5.69 Å². The predicted octanol–water partition coefficient (Wildman–Crippen LogP) is 2.24. The standard InChI is InChI=1S/C10H7F2N3O/c11-7-1-2-8(12)9(5-7)14-10(16)15-4-3-13-6-15/h1-6H,(H,14,16). The van der Waals surface area contributed by atoms with Crippen LogP contribution in [0.4, 0.5) is 19.3 Å². The molecule has 0 aliphatic carbocycles. The molecule has 1 amide bonds. The molecule has 4 nitrogen and oxygen atoms in total. The highest BCUT2D eigenvalue weighted by Gasteiger charge is 2.08. The molecule has 0 spiro atoms. The molecule has 1 N–H and O–H groups in total. The summed E-state index contributed by atoms with van der Waals surface area (Å²) >= 11 is 0. The van der Waals surface area contributed by atoms with Gasteiger partial charge in [0.1, 0.15) is 18.0 Å². The molecule has 0 bridgehead atoms. The molecule has 0 aliphatic heterocycles. The molecule has 1 aromatic heterocycles. The fourth-order valence-electron chi connectivity index (χ4n) is 1.15. The molecule has 0 aliphatic rings. The average molecular weight is 223 g/mol. The van der Waals surface area contributed by atoms with Gasteiger partial charge in [-0.3, -0.25) is 4.57 Å². The van der Waals surface area contributed by atoms with Crippen LogP contribution < -0.4 is 5.32 Å². The van der Waals surface area contributed by atoms with Gasteiger partial charge >= 0.3 is 6.03 Å². The van der Waals surface area contributed by atoms with E-state index in [-0.39, 0.29) is 5.69 Å². The highest BCUT2D eigenvalue weighted by Crippen LogP contribution is 2.15. The molecular weight excluding hydrogens is 216 g/mol. The van der Waals surface area contributed by atoms with Crippen molar-refractivity contribution >= 4 is 11.7 Å². The lowest BCUT2D eigenvalue weighted by atomic mass is 10.3. The second kappa shape index (κ2) is 4.09. The summed E-state index contributed by atoms with van der Waals surface area (Å²) in [6, 6.07) is 2.22. The van der Waals surface area contributed by atoms with Crippen LogP contribution in [-0.2, 0) is 0 Å². The summed E-state index contributed by atoms with van der Waals surface area (Å²) in [6.45, 7) is 0. The van der Waals surface area contributed by atoms with Crippen LogP contribution in [0.15, 0.2) is 36.9 Å². The Morgan fingerprint density at radius 1 is 1.38 bits per heavy atom. The van der Waals surface area contributed by atoms with Crippen molar-refractivity contribution < 1.29 is 13.6 Å². The minimum atomic E-state index is -0.699. The van der Waals surface area contributed by atoms with Gasteiger partial charge in [-0.2, -0.15) is 0 Å². The van der Waals surface area contributed by atoms with E-state index in [0.29, 0.717) is 0 Å². The number of rotatable bonds is 1. The first-order valence-electron chi connectivity index (χ1n) is 4.41. The Morgan fingerprint density at radius 3 is 2.88 bits per heavy atom. The Bertz CT molecular complexity index is 511. The second-order valence-corrected chi connectivity index (χ2v) is 3.02. The van der Waals surface area contributed by atoms with Crippen molar-refractivity contribution in [2.75, 3.05) is 5.32 Å². The Kier molecular flexibility index (Phi) is 2.63. The van der Waals surface area contributed by atoms with E-state index in [2.05, 4.69) is 10.3 Å².